The molecule has 3 heterocycles. The molecule has 3 aliphatic rings. The molecule has 1 fully saturated rings. The lowest BCUT2D eigenvalue weighted by Gasteiger charge is -2.37. The Hall–Kier alpha value is -2.62. The summed E-state index contributed by atoms with van der Waals surface area (Å²) in [6.45, 7) is 2.74. The molecule has 0 spiro atoms. The molecule has 5 rings (SSSR count). The number of rotatable bonds is 7. The first kappa shape index (κ1) is 26.0. The Bertz CT molecular complexity index is 1260. The third-order valence-electron chi connectivity index (χ3n) is 7.23. The van der Waals surface area contributed by atoms with Crippen LogP contribution in [0.1, 0.15) is 54.9 Å². The van der Waals surface area contributed by atoms with Crippen LogP contribution in [0.5, 0.6) is 11.5 Å². The number of methoxy groups -OCH3 is 2. The minimum Gasteiger partial charge on any atom is -0.493 e. The maximum absolute atomic E-state index is 13.8. The van der Waals surface area contributed by atoms with Crippen molar-refractivity contribution in [3.63, 3.8) is 0 Å². The number of halogens is 1. The summed E-state index contributed by atoms with van der Waals surface area (Å²) in [5, 5.41) is 5.45. The van der Waals surface area contributed by atoms with E-state index >= 15 is 0 Å². The van der Waals surface area contributed by atoms with Crippen LogP contribution in [-0.4, -0.2) is 45.3 Å². The summed E-state index contributed by atoms with van der Waals surface area (Å²) in [6, 6.07) is 7.74. The maximum Gasteiger partial charge on any atom is 0.336 e. The predicted molar refractivity (Wildman–Crippen MR) is 144 cm³/mol. The predicted octanol–water partition coefficient (Wildman–Crippen LogP) is 5.61. The number of nitrogens with one attached hydrogen (secondary N) is 1. The molecule has 9 heteroatoms. The van der Waals surface area contributed by atoms with E-state index in [-0.39, 0.29) is 24.4 Å². The second-order valence-electron chi connectivity index (χ2n) is 9.49. The fraction of sp³-hybridized carbons (Fsp3) is 0.429. The van der Waals surface area contributed by atoms with Gasteiger partial charge < -0.3 is 24.3 Å². The summed E-state index contributed by atoms with van der Waals surface area (Å²) >= 11 is 5.34. The van der Waals surface area contributed by atoms with Crippen LogP contribution in [0.2, 0.25) is 0 Å². The van der Waals surface area contributed by atoms with Crippen LogP contribution in [0.25, 0.3) is 0 Å². The molecule has 37 heavy (non-hydrogen) atoms. The monoisotopic (exact) mass is 587 g/mol. The van der Waals surface area contributed by atoms with Gasteiger partial charge in [0.15, 0.2) is 17.3 Å². The summed E-state index contributed by atoms with van der Waals surface area (Å²) in [5.41, 5.74) is 3.32. The average molecular weight is 589 g/mol. The number of thiophene rings is 1. The van der Waals surface area contributed by atoms with E-state index < -0.39 is 11.9 Å². The smallest absolute Gasteiger partial charge is 0.336 e. The van der Waals surface area contributed by atoms with Crippen molar-refractivity contribution in [3.8, 4) is 11.5 Å². The van der Waals surface area contributed by atoms with Gasteiger partial charge in [-0.15, -0.1) is 11.3 Å². The lowest BCUT2D eigenvalue weighted by molar-refractivity contribution is -0.142. The Kier molecular flexibility index (Phi) is 7.74. The van der Waals surface area contributed by atoms with E-state index in [1.165, 1.54) is 4.88 Å². The van der Waals surface area contributed by atoms with E-state index in [0.717, 1.165) is 24.1 Å². The summed E-state index contributed by atoms with van der Waals surface area (Å²) in [7, 11) is 3.14. The van der Waals surface area contributed by atoms with Crippen molar-refractivity contribution in [2.45, 2.75) is 50.5 Å². The molecular weight excluding hydrogens is 558 g/mol. The Morgan fingerprint density at radius 3 is 2.68 bits per heavy atom. The van der Waals surface area contributed by atoms with Crippen LogP contribution >= 0.6 is 27.3 Å². The lowest BCUT2D eigenvalue weighted by atomic mass is 9.72. The molecule has 1 aliphatic carbocycles. The van der Waals surface area contributed by atoms with Crippen LogP contribution in [0.3, 0.4) is 0 Å². The quantitative estimate of drug-likeness (QED) is 0.421. The molecule has 0 unspecified atom stereocenters. The van der Waals surface area contributed by atoms with E-state index in [2.05, 4.69) is 27.3 Å². The van der Waals surface area contributed by atoms with Crippen LogP contribution < -0.4 is 14.8 Å². The van der Waals surface area contributed by atoms with Crippen molar-refractivity contribution in [3.05, 3.63) is 67.1 Å². The molecule has 7 nitrogen and oxygen atoms in total. The second kappa shape index (κ2) is 11.0. The summed E-state index contributed by atoms with van der Waals surface area (Å²) in [4.78, 5) is 28.6. The van der Waals surface area contributed by atoms with Gasteiger partial charge in [0, 0.05) is 51.2 Å². The number of esters is 1. The Balaban J connectivity index is 1.58. The Labute approximate surface area is 228 Å². The van der Waals surface area contributed by atoms with Gasteiger partial charge in [-0.1, -0.05) is 22.0 Å². The van der Waals surface area contributed by atoms with Crippen molar-refractivity contribution in [1.82, 2.24) is 5.32 Å². The fourth-order valence-corrected chi connectivity index (χ4v) is 6.84. The zero-order chi connectivity index (χ0) is 26.1. The van der Waals surface area contributed by atoms with Gasteiger partial charge in [0.05, 0.1) is 25.9 Å². The number of carbonyl (C=O) groups is 2. The molecule has 2 aromatic rings. The number of hydrogen-bond donors (Lipinski definition) is 1. The standard InChI is InChI=1S/C28H30BrNO6S/c1-15-25(28(32)36-14-17-6-4-8-35-17)26(18-12-22(33-2)23(34-3)13-19(18)29)27-20(30-15)10-16(11-21(27)31)24-7-5-9-37-24/h5,7,9,12-13,16-17,26,30H,4,6,8,10-11,14H2,1-3H3/t16-,17-,26-/m1/s1. The van der Waals surface area contributed by atoms with Crippen LogP contribution in [-0.2, 0) is 19.1 Å². The summed E-state index contributed by atoms with van der Waals surface area (Å²) in [5.74, 6) is 0.138. The molecule has 1 aromatic carbocycles. The summed E-state index contributed by atoms with van der Waals surface area (Å²) in [6.07, 6.45) is 2.82. The van der Waals surface area contributed by atoms with E-state index in [9.17, 15) is 9.59 Å². The van der Waals surface area contributed by atoms with E-state index in [4.69, 9.17) is 18.9 Å². The molecule has 0 radical (unpaired) electrons. The minimum absolute atomic E-state index is 0.0239. The Morgan fingerprint density at radius 2 is 2.00 bits per heavy atom. The van der Waals surface area contributed by atoms with Crippen LogP contribution in [0.4, 0.5) is 0 Å². The van der Waals surface area contributed by atoms with E-state index in [1.54, 1.807) is 25.6 Å². The lowest BCUT2D eigenvalue weighted by Crippen LogP contribution is -2.36. The molecule has 0 bridgehead atoms. The molecule has 1 N–H and O–H groups in total. The number of benzene rings is 1. The first-order valence-electron chi connectivity index (χ1n) is 12.4. The van der Waals surface area contributed by atoms with Crippen molar-refractivity contribution in [1.29, 1.82) is 0 Å². The highest BCUT2D eigenvalue weighted by Gasteiger charge is 2.42. The highest BCUT2D eigenvalue weighted by molar-refractivity contribution is 9.10. The molecule has 3 atom stereocenters. The molecule has 0 amide bonds. The van der Waals surface area contributed by atoms with Gasteiger partial charge in [-0.05, 0) is 55.3 Å². The number of allylic oxidation sites excluding steroid dienone is 3. The van der Waals surface area contributed by atoms with Crippen LogP contribution in [0, 0.1) is 0 Å². The number of dihydropyridines is 1. The highest BCUT2D eigenvalue weighted by atomic mass is 79.9. The topological polar surface area (TPSA) is 83.1 Å². The van der Waals surface area contributed by atoms with Gasteiger partial charge in [0.25, 0.3) is 0 Å². The fourth-order valence-electron chi connectivity index (χ4n) is 5.46. The molecule has 196 valence electrons. The largest absolute Gasteiger partial charge is 0.493 e. The van der Waals surface area contributed by atoms with Crippen molar-refractivity contribution in [2.75, 3.05) is 27.4 Å². The number of ketones is 1. The second-order valence-corrected chi connectivity index (χ2v) is 11.3. The van der Waals surface area contributed by atoms with Crippen molar-refractivity contribution >= 4 is 39.0 Å². The van der Waals surface area contributed by atoms with Gasteiger partial charge in [-0.25, -0.2) is 4.79 Å². The van der Waals surface area contributed by atoms with Gasteiger partial charge in [-0.3, -0.25) is 4.79 Å². The zero-order valence-electron chi connectivity index (χ0n) is 21.1. The van der Waals surface area contributed by atoms with E-state index in [1.807, 2.05) is 30.5 Å². The molecule has 2 aliphatic heterocycles. The molecule has 1 aromatic heterocycles. The van der Waals surface area contributed by atoms with E-state index in [0.29, 0.717) is 52.3 Å². The molecule has 1 saturated heterocycles. The first-order valence-corrected chi connectivity index (χ1v) is 14.1. The normalized spacial score (nSPS) is 23.6. The van der Waals surface area contributed by atoms with Gasteiger partial charge in [0.2, 0.25) is 0 Å². The van der Waals surface area contributed by atoms with Crippen molar-refractivity contribution < 1.29 is 28.5 Å². The highest BCUT2D eigenvalue weighted by Crippen LogP contribution is 2.49. The minimum atomic E-state index is -0.612. The number of Topliss-reactive ketones (excluding diaryl/α,β-unsaturated/α-hetero) is 1. The van der Waals surface area contributed by atoms with Crippen molar-refractivity contribution in [2.24, 2.45) is 0 Å². The SMILES string of the molecule is COc1cc(Br)c([C@@H]2C(C(=O)OC[C@H]3CCCO3)=C(C)NC3=C2C(=O)C[C@H](c2cccs2)C3)cc1OC. The molecular formula is C28H30BrNO6S. The molecule has 0 saturated carbocycles. The third kappa shape index (κ3) is 5.09. The van der Waals surface area contributed by atoms with Gasteiger partial charge in [0.1, 0.15) is 6.61 Å². The number of carbonyl (C=O) groups excluding carboxylic acids is 2. The average Bonchev–Trinajstić information content (AvgIpc) is 3.61. The number of ether oxygens (including phenoxy) is 4. The first-order chi connectivity index (χ1) is 17.9. The summed E-state index contributed by atoms with van der Waals surface area (Å²) < 4.78 is 23.2. The number of hydrogen-bond acceptors (Lipinski definition) is 8. The Morgan fingerprint density at radius 1 is 1.22 bits per heavy atom. The maximum atomic E-state index is 13.8. The zero-order valence-corrected chi connectivity index (χ0v) is 23.5. The van der Waals surface area contributed by atoms with Gasteiger partial charge >= 0.3 is 5.97 Å². The van der Waals surface area contributed by atoms with Gasteiger partial charge in [-0.2, -0.15) is 0 Å². The third-order valence-corrected chi connectivity index (χ3v) is 8.95. The van der Waals surface area contributed by atoms with Crippen LogP contribution in [0.15, 0.2) is 56.7 Å².